The van der Waals surface area contributed by atoms with Gasteiger partial charge in [-0.15, -0.1) is 11.3 Å². The van der Waals surface area contributed by atoms with Gasteiger partial charge in [0, 0.05) is 10.4 Å². The Morgan fingerprint density at radius 2 is 2.24 bits per heavy atom. The molecular formula is C18H22FN3O2S. The SMILES string of the molecule is Cc1nc(C)c(C(C)NC(=O)NC2CCCOc3ccc(F)cc32)s1. The van der Waals surface area contributed by atoms with Crippen molar-refractivity contribution < 1.29 is 13.9 Å². The number of carbonyl (C=O) groups is 1. The third kappa shape index (κ3) is 4.10. The average Bonchev–Trinajstić information content (AvgIpc) is 2.77. The summed E-state index contributed by atoms with van der Waals surface area (Å²) in [6, 6.07) is 3.74. The molecule has 0 bridgehead atoms. The number of thiazole rings is 1. The normalized spacial score (nSPS) is 17.8. The number of halogens is 1. The number of ether oxygens (including phenoxy) is 1. The standard InChI is InChI=1S/C18H22FN3O2S/c1-10-17(25-12(3)20-10)11(2)21-18(23)22-15-5-4-8-24-16-7-6-13(19)9-14(15)16/h6-7,9,11,15H,4-5,8H2,1-3H3,(H2,21,22,23). The van der Waals surface area contributed by atoms with Crippen LogP contribution in [-0.2, 0) is 0 Å². The maximum Gasteiger partial charge on any atom is 0.315 e. The maximum atomic E-state index is 13.6. The predicted octanol–water partition coefficient (Wildman–Crippen LogP) is 4.17. The van der Waals surface area contributed by atoms with Crippen LogP contribution in [0.1, 0.15) is 53.0 Å². The van der Waals surface area contributed by atoms with E-state index in [1.165, 1.54) is 12.1 Å². The Kier molecular flexibility index (Phi) is 5.22. The van der Waals surface area contributed by atoms with Gasteiger partial charge in [0.1, 0.15) is 11.6 Å². The zero-order valence-electron chi connectivity index (χ0n) is 14.6. The molecule has 2 amide bonds. The molecule has 0 spiro atoms. The van der Waals surface area contributed by atoms with E-state index in [0.717, 1.165) is 22.0 Å². The van der Waals surface area contributed by atoms with Crippen molar-refractivity contribution in [3.8, 4) is 5.75 Å². The molecule has 0 saturated carbocycles. The number of aromatic nitrogens is 1. The first kappa shape index (κ1) is 17.7. The molecule has 1 aliphatic rings. The lowest BCUT2D eigenvalue weighted by atomic mass is 10.0. The third-order valence-electron chi connectivity index (χ3n) is 4.23. The van der Waals surface area contributed by atoms with Gasteiger partial charge in [-0.25, -0.2) is 14.2 Å². The molecule has 3 rings (SSSR count). The van der Waals surface area contributed by atoms with Gasteiger partial charge in [-0.3, -0.25) is 0 Å². The summed E-state index contributed by atoms with van der Waals surface area (Å²) in [6.45, 7) is 6.39. The van der Waals surface area contributed by atoms with E-state index in [-0.39, 0.29) is 23.9 Å². The predicted molar refractivity (Wildman–Crippen MR) is 95.5 cm³/mol. The molecule has 0 saturated heterocycles. The number of carbonyl (C=O) groups excluding carboxylic acids is 1. The topological polar surface area (TPSA) is 63.2 Å². The van der Waals surface area contributed by atoms with Crippen molar-refractivity contribution in [2.24, 2.45) is 0 Å². The van der Waals surface area contributed by atoms with Crippen LogP contribution in [0.15, 0.2) is 18.2 Å². The summed E-state index contributed by atoms with van der Waals surface area (Å²) < 4.78 is 19.3. The Morgan fingerprint density at radius 1 is 1.44 bits per heavy atom. The molecule has 134 valence electrons. The molecule has 7 heteroatoms. The summed E-state index contributed by atoms with van der Waals surface area (Å²) in [7, 11) is 0. The molecular weight excluding hydrogens is 341 g/mol. The number of amides is 2. The zero-order valence-corrected chi connectivity index (χ0v) is 15.4. The van der Waals surface area contributed by atoms with E-state index in [1.54, 1.807) is 17.4 Å². The number of nitrogens with zero attached hydrogens (tertiary/aromatic N) is 1. The molecule has 1 aliphatic heterocycles. The van der Waals surface area contributed by atoms with Crippen LogP contribution in [0, 0.1) is 19.7 Å². The van der Waals surface area contributed by atoms with E-state index in [9.17, 15) is 9.18 Å². The molecule has 1 aromatic carbocycles. The number of urea groups is 1. The second-order valence-electron chi connectivity index (χ2n) is 6.25. The van der Waals surface area contributed by atoms with Crippen LogP contribution in [-0.4, -0.2) is 17.6 Å². The minimum atomic E-state index is -0.333. The fourth-order valence-corrected chi connectivity index (χ4v) is 4.04. The van der Waals surface area contributed by atoms with Crippen LogP contribution in [0.5, 0.6) is 5.75 Å². The van der Waals surface area contributed by atoms with E-state index in [4.69, 9.17) is 4.74 Å². The highest BCUT2D eigenvalue weighted by Crippen LogP contribution is 2.32. The largest absolute Gasteiger partial charge is 0.493 e. The number of benzene rings is 1. The first-order valence-corrected chi connectivity index (χ1v) is 9.19. The summed E-state index contributed by atoms with van der Waals surface area (Å²) in [5.41, 5.74) is 1.62. The zero-order chi connectivity index (χ0) is 18.0. The Balaban J connectivity index is 1.70. The number of fused-ring (bicyclic) bond motifs is 1. The van der Waals surface area contributed by atoms with E-state index in [1.807, 2.05) is 20.8 Å². The van der Waals surface area contributed by atoms with Crippen molar-refractivity contribution in [1.82, 2.24) is 15.6 Å². The van der Waals surface area contributed by atoms with Crippen LogP contribution in [0.4, 0.5) is 9.18 Å². The summed E-state index contributed by atoms with van der Waals surface area (Å²) in [5.74, 6) is 0.298. The molecule has 5 nitrogen and oxygen atoms in total. The Bertz CT molecular complexity index is 778. The van der Waals surface area contributed by atoms with Crippen LogP contribution in [0.2, 0.25) is 0 Å². The van der Waals surface area contributed by atoms with E-state index in [0.29, 0.717) is 24.3 Å². The molecule has 25 heavy (non-hydrogen) atoms. The number of hydrogen-bond acceptors (Lipinski definition) is 4. The molecule has 0 aliphatic carbocycles. The lowest BCUT2D eigenvalue weighted by Gasteiger charge is -2.21. The second kappa shape index (κ2) is 7.39. The minimum absolute atomic E-state index is 0.139. The highest BCUT2D eigenvalue weighted by atomic mass is 32.1. The number of nitrogens with one attached hydrogen (secondary N) is 2. The van der Waals surface area contributed by atoms with Crippen molar-refractivity contribution in [3.05, 3.63) is 45.2 Å². The van der Waals surface area contributed by atoms with Crippen LogP contribution < -0.4 is 15.4 Å². The highest BCUT2D eigenvalue weighted by Gasteiger charge is 2.23. The van der Waals surface area contributed by atoms with Gasteiger partial charge in [-0.05, 0) is 51.8 Å². The monoisotopic (exact) mass is 363 g/mol. The summed E-state index contributed by atoms with van der Waals surface area (Å²) in [5, 5.41) is 6.88. The first-order valence-electron chi connectivity index (χ1n) is 8.37. The highest BCUT2D eigenvalue weighted by molar-refractivity contribution is 7.11. The van der Waals surface area contributed by atoms with Gasteiger partial charge < -0.3 is 15.4 Å². The van der Waals surface area contributed by atoms with Crippen LogP contribution in [0.25, 0.3) is 0 Å². The molecule has 2 aromatic rings. The summed E-state index contributed by atoms with van der Waals surface area (Å²) >= 11 is 1.58. The number of rotatable bonds is 3. The fourth-order valence-electron chi connectivity index (χ4n) is 3.11. The lowest BCUT2D eigenvalue weighted by Crippen LogP contribution is -2.39. The Morgan fingerprint density at radius 3 is 2.96 bits per heavy atom. The molecule has 2 heterocycles. The van der Waals surface area contributed by atoms with Crippen molar-refractivity contribution in [3.63, 3.8) is 0 Å². The first-order chi connectivity index (χ1) is 11.9. The molecule has 2 N–H and O–H groups in total. The average molecular weight is 363 g/mol. The minimum Gasteiger partial charge on any atom is -0.493 e. The van der Waals surface area contributed by atoms with E-state index in [2.05, 4.69) is 15.6 Å². The quantitative estimate of drug-likeness (QED) is 0.860. The molecule has 0 radical (unpaired) electrons. The van der Waals surface area contributed by atoms with Gasteiger partial charge in [0.05, 0.1) is 29.4 Å². The molecule has 2 atom stereocenters. The number of aryl methyl sites for hydroxylation is 2. The molecule has 0 fully saturated rings. The lowest BCUT2D eigenvalue weighted by molar-refractivity contribution is 0.233. The molecule has 2 unspecified atom stereocenters. The van der Waals surface area contributed by atoms with Gasteiger partial charge in [-0.2, -0.15) is 0 Å². The van der Waals surface area contributed by atoms with Crippen LogP contribution in [0.3, 0.4) is 0 Å². The van der Waals surface area contributed by atoms with E-state index >= 15 is 0 Å². The van der Waals surface area contributed by atoms with Gasteiger partial charge in [0.2, 0.25) is 0 Å². The van der Waals surface area contributed by atoms with Gasteiger partial charge in [0.25, 0.3) is 0 Å². The summed E-state index contributed by atoms with van der Waals surface area (Å²) in [6.07, 6.45) is 1.50. The smallest absolute Gasteiger partial charge is 0.315 e. The Labute approximate surface area is 150 Å². The number of hydrogen-bond donors (Lipinski definition) is 2. The van der Waals surface area contributed by atoms with Gasteiger partial charge in [0.15, 0.2) is 0 Å². The van der Waals surface area contributed by atoms with Crippen molar-refractivity contribution in [2.45, 2.75) is 45.7 Å². The molecule has 1 aromatic heterocycles. The fraction of sp³-hybridized carbons (Fsp3) is 0.444. The van der Waals surface area contributed by atoms with Gasteiger partial charge in [-0.1, -0.05) is 0 Å². The van der Waals surface area contributed by atoms with Crippen molar-refractivity contribution in [2.75, 3.05) is 6.61 Å². The van der Waals surface area contributed by atoms with Crippen LogP contribution >= 0.6 is 11.3 Å². The van der Waals surface area contributed by atoms with Crippen molar-refractivity contribution in [1.29, 1.82) is 0 Å². The third-order valence-corrected chi connectivity index (χ3v) is 5.48. The second-order valence-corrected chi connectivity index (χ2v) is 7.48. The maximum absolute atomic E-state index is 13.6. The van der Waals surface area contributed by atoms with Crippen molar-refractivity contribution >= 4 is 17.4 Å². The van der Waals surface area contributed by atoms with Gasteiger partial charge >= 0.3 is 6.03 Å². The Hall–Kier alpha value is -2.15. The van der Waals surface area contributed by atoms with E-state index < -0.39 is 0 Å². The summed E-state index contributed by atoms with van der Waals surface area (Å²) in [4.78, 5) is 17.9.